The molecule has 0 amide bonds. The Morgan fingerprint density at radius 3 is 2.19 bits per heavy atom. The SMILES string of the molecule is O=CCC/C=C/c1ccc(C(F)(F)F)cc1. The zero-order chi connectivity index (χ0) is 12.0. The first-order valence-corrected chi connectivity index (χ1v) is 4.81. The first kappa shape index (κ1) is 12.5. The summed E-state index contributed by atoms with van der Waals surface area (Å²) in [5.74, 6) is 0. The van der Waals surface area contributed by atoms with E-state index in [1.165, 1.54) is 12.1 Å². The molecular formula is C12H11F3O. The van der Waals surface area contributed by atoms with Crippen LogP contribution in [0.25, 0.3) is 6.08 Å². The third-order valence-corrected chi connectivity index (χ3v) is 2.00. The number of hydrogen-bond donors (Lipinski definition) is 0. The zero-order valence-corrected chi connectivity index (χ0v) is 8.50. The van der Waals surface area contributed by atoms with Gasteiger partial charge in [0, 0.05) is 6.42 Å². The molecule has 0 radical (unpaired) electrons. The molecule has 0 aliphatic carbocycles. The summed E-state index contributed by atoms with van der Waals surface area (Å²) >= 11 is 0. The third-order valence-electron chi connectivity index (χ3n) is 2.00. The number of carbonyl (C=O) groups is 1. The van der Waals surface area contributed by atoms with E-state index in [9.17, 15) is 18.0 Å². The van der Waals surface area contributed by atoms with Crippen molar-refractivity contribution in [3.8, 4) is 0 Å². The molecule has 1 rings (SSSR count). The molecule has 0 unspecified atom stereocenters. The molecule has 16 heavy (non-hydrogen) atoms. The molecule has 1 aromatic carbocycles. The van der Waals surface area contributed by atoms with E-state index in [0.29, 0.717) is 18.4 Å². The van der Waals surface area contributed by atoms with Crippen LogP contribution < -0.4 is 0 Å². The summed E-state index contributed by atoms with van der Waals surface area (Å²) in [6, 6.07) is 4.89. The van der Waals surface area contributed by atoms with E-state index < -0.39 is 11.7 Å². The van der Waals surface area contributed by atoms with Crippen molar-refractivity contribution in [2.24, 2.45) is 0 Å². The highest BCUT2D eigenvalue weighted by Crippen LogP contribution is 2.29. The second kappa shape index (κ2) is 5.49. The van der Waals surface area contributed by atoms with Crippen molar-refractivity contribution in [2.75, 3.05) is 0 Å². The number of allylic oxidation sites excluding steroid dienone is 1. The Morgan fingerprint density at radius 1 is 1.06 bits per heavy atom. The maximum Gasteiger partial charge on any atom is 0.416 e. The van der Waals surface area contributed by atoms with Crippen molar-refractivity contribution in [2.45, 2.75) is 19.0 Å². The van der Waals surface area contributed by atoms with Crippen LogP contribution in [0.3, 0.4) is 0 Å². The lowest BCUT2D eigenvalue weighted by Crippen LogP contribution is -2.03. The van der Waals surface area contributed by atoms with Crippen LogP contribution >= 0.6 is 0 Å². The number of alkyl halides is 3. The van der Waals surface area contributed by atoms with Crippen LogP contribution in [0.5, 0.6) is 0 Å². The monoisotopic (exact) mass is 228 g/mol. The minimum atomic E-state index is -4.29. The molecule has 4 heteroatoms. The van der Waals surface area contributed by atoms with Gasteiger partial charge in [0.15, 0.2) is 0 Å². The fourth-order valence-electron chi connectivity index (χ4n) is 1.17. The molecule has 1 nitrogen and oxygen atoms in total. The smallest absolute Gasteiger partial charge is 0.303 e. The normalized spacial score (nSPS) is 11.9. The number of unbranched alkanes of at least 4 members (excludes halogenated alkanes) is 1. The van der Waals surface area contributed by atoms with Crippen molar-refractivity contribution >= 4 is 12.4 Å². The maximum absolute atomic E-state index is 12.2. The Labute approximate surface area is 91.6 Å². The van der Waals surface area contributed by atoms with Gasteiger partial charge in [-0.2, -0.15) is 13.2 Å². The van der Waals surface area contributed by atoms with Gasteiger partial charge in [0.05, 0.1) is 5.56 Å². The van der Waals surface area contributed by atoms with Gasteiger partial charge in [0.1, 0.15) is 6.29 Å². The van der Waals surface area contributed by atoms with E-state index in [-0.39, 0.29) is 0 Å². The third kappa shape index (κ3) is 3.88. The van der Waals surface area contributed by atoms with Gasteiger partial charge in [-0.05, 0) is 24.1 Å². The second-order valence-corrected chi connectivity index (χ2v) is 3.27. The fourth-order valence-corrected chi connectivity index (χ4v) is 1.17. The quantitative estimate of drug-likeness (QED) is 0.567. The van der Waals surface area contributed by atoms with E-state index in [1.807, 2.05) is 0 Å². The maximum atomic E-state index is 12.2. The molecule has 86 valence electrons. The molecule has 0 atom stereocenters. The fraction of sp³-hybridized carbons (Fsp3) is 0.250. The van der Waals surface area contributed by atoms with Crippen LogP contribution in [-0.2, 0) is 11.0 Å². The first-order chi connectivity index (χ1) is 7.54. The van der Waals surface area contributed by atoms with Crippen molar-refractivity contribution in [1.82, 2.24) is 0 Å². The second-order valence-electron chi connectivity index (χ2n) is 3.27. The van der Waals surface area contributed by atoms with E-state index in [1.54, 1.807) is 12.2 Å². The molecular weight excluding hydrogens is 217 g/mol. The highest BCUT2D eigenvalue weighted by Gasteiger charge is 2.29. The van der Waals surface area contributed by atoms with Crippen LogP contribution in [0.1, 0.15) is 24.0 Å². The molecule has 0 saturated carbocycles. The van der Waals surface area contributed by atoms with Crippen LogP contribution in [0, 0.1) is 0 Å². The lowest BCUT2D eigenvalue weighted by Gasteiger charge is -2.05. The number of benzene rings is 1. The number of carbonyl (C=O) groups excluding carboxylic acids is 1. The van der Waals surface area contributed by atoms with E-state index in [0.717, 1.165) is 18.4 Å². The summed E-state index contributed by atoms with van der Waals surface area (Å²) in [5, 5.41) is 0. The molecule has 1 aromatic rings. The minimum absolute atomic E-state index is 0.428. The predicted molar refractivity (Wildman–Crippen MR) is 55.8 cm³/mol. The van der Waals surface area contributed by atoms with E-state index >= 15 is 0 Å². The standard InChI is InChI=1S/C12H11F3O/c13-12(14,15)11-7-5-10(6-8-11)4-2-1-3-9-16/h2,4-9H,1,3H2/b4-2+. The lowest BCUT2D eigenvalue weighted by atomic mass is 10.1. The predicted octanol–water partition coefficient (Wildman–Crippen LogP) is 3.70. The summed E-state index contributed by atoms with van der Waals surface area (Å²) in [6.45, 7) is 0. The average Bonchev–Trinajstić information content (AvgIpc) is 2.24. The number of aldehydes is 1. The molecule has 0 saturated heterocycles. The summed E-state index contributed by atoms with van der Waals surface area (Å²) in [5.41, 5.74) is 0.0384. The highest BCUT2D eigenvalue weighted by molar-refractivity contribution is 5.52. The van der Waals surface area contributed by atoms with Gasteiger partial charge in [0.2, 0.25) is 0 Å². The summed E-state index contributed by atoms with van der Waals surface area (Å²) in [4.78, 5) is 10.0. The van der Waals surface area contributed by atoms with Crippen LogP contribution in [0.4, 0.5) is 13.2 Å². The molecule has 0 N–H and O–H groups in total. The Balaban J connectivity index is 2.65. The molecule has 0 aromatic heterocycles. The van der Waals surface area contributed by atoms with Crippen LogP contribution in [-0.4, -0.2) is 6.29 Å². The number of hydrogen-bond acceptors (Lipinski definition) is 1. The Hall–Kier alpha value is -1.58. The Bertz CT molecular complexity index is 363. The molecule has 0 aliphatic heterocycles. The Morgan fingerprint density at radius 2 is 1.69 bits per heavy atom. The Kier molecular flexibility index (Phi) is 4.28. The number of rotatable bonds is 4. The van der Waals surface area contributed by atoms with Gasteiger partial charge in [-0.15, -0.1) is 0 Å². The van der Waals surface area contributed by atoms with Crippen molar-refractivity contribution in [3.05, 3.63) is 41.5 Å². The average molecular weight is 228 g/mol. The minimum Gasteiger partial charge on any atom is -0.303 e. The molecule has 0 spiro atoms. The summed E-state index contributed by atoms with van der Waals surface area (Å²) < 4.78 is 36.6. The van der Waals surface area contributed by atoms with Crippen LogP contribution in [0.2, 0.25) is 0 Å². The molecule has 0 bridgehead atoms. The summed E-state index contributed by atoms with van der Waals surface area (Å²) in [6.07, 6.45) is 0.999. The summed E-state index contributed by atoms with van der Waals surface area (Å²) in [7, 11) is 0. The topological polar surface area (TPSA) is 17.1 Å². The van der Waals surface area contributed by atoms with Crippen LogP contribution in [0.15, 0.2) is 30.3 Å². The van der Waals surface area contributed by atoms with E-state index in [2.05, 4.69) is 0 Å². The number of halogens is 3. The van der Waals surface area contributed by atoms with E-state index in [4.69, 9.17) is 0 Å². The molecule has 0 fully saturated rings. The van der Waals surface area contributed by atoms with Crippen molar-refractivity contribution in [3.63, 3.8) is 0 Å². The molecule has 0 aliphatic rings. The van der Waals surface area contributed by atoms with Gasteiger partial charge < -0.3 is 4.79 Å². The van der Waals surface area contributed by atoms with Gasteiger partial charge in [-0.25, -0.2) is 0 Å². The van der Waals surface area contributed by atoms with Crippen molar-refractivity contribution in [1.29, 1.82) is 0 Å². The molecule has 0 heterocycles. The zero-order valence-electron chi connectivity index (χ0n) is 8.50. The lowest BCUT2D eigenvalue weighted by molar-refractivity contribution is -0.137. The first-order valence-electron chi connectivity index (χ1n) is 4.81. The van der Waals surface area contributed by atoms with Gasteiger partial charge in [-0.3, -0.25) is 0 Å². The van der Waals surface area contributed by atoms with Gasteiger partial charge >= 0.3 is 6.18 Å². The highest BCUT2D eigenvalue weighted by atomic mass is 19.4. The van der Waals surface area contributed by atoms with Gasteiger partial charge in [-0.1, -0.05) is 24.3 Å². The van der Waals surface area contributed by atoms with Crippen molar-refractivity contribution < 1.29 is 18.0 Å². The largest absolute Gasteiger partial charge is 0.416 e. The van der Waals surface area contributed by atoms with Gasteiger partial charge in [0.25, 0.3) is 0 Å².